The zero-order valence-electron chi connectivity index (χ0n) is 28.4. The van der Waals surface area contributed by atoms with Crippen LogP contribution in [0.4, 0.5) is 0 Å². The Balaban J connectivity index is 1.08. The standard InChI is InChI=1S/C48H28BNO3/c1-2-13-32(31(12-1)29-24-25-37-35-16-5-9-22-43(35)51-45(37)27-29)30-26-38-36-17-6-10-23-44(36)53-49-39-18-11-21-42(48(39)52-46(28-30)47(38)49)50-40-19-7-3-14-33(40)34-15-4-8-20-41(34)50/h1-28H. The maximum atomic E-state index is 7.18. The third kappa shape index (κ3) is 4.07. The summed E-state index contributed by atoms with van der Waals surface area (Å²) in [4.78, 5) is 0. The van der Waals surface area contributed by atoms with Crippen molar-refractivity contribution in [3.05, 3.63) is 170 Å². The number of nitrogens with zero attached hydrogens (tertiary/aromatic N) is 1. The average molecular weight is 678 g/mol. The van der Waals surface area contributed by atoms with E-state index in [1.807, 2.05) is 18.2 Å². The molecule has 0 bridgehead atoms. The first-order valence-electron chi connectivity index (χ1n) is 18.0. The van der Waals surface area contributed by atoms with Gasteiger partial charge in [-0.2, -0.15) is 0 Å². The van der Waals surface area contributed by atoms with Gasteiger partial charge in [0.05, 0.1) is 16.7 Å². The highest BCUT2D eigenvalue weighted by Crippen LogP contribution is 2.45. The average Bonchev–Trinajstić information content (AvgIpc) is 3.76. The quantitative estimate of drug-likeness (QED) is 0.175. The summed E-state index contributed by atoms with van der Waals surface area (Å²) < 4.78 is 22.7. The normalized spacial score (nSPS) is 12.8. The molecule has 8 aromatic carbocycles. The van der Waals surface area contributed by atoms with E-state index in [9.17, 15) is 0 Å². The van der Waals surface area contributed by atoms with E-state index in [0.29, 0.717) is 0 Å². The van der Waals surface area contributed by atoms with Gasteiger partial charge in [-0.15, -0.1) is 0 Å². The summed E-state index contributed by atoms with van der Waals surface area (Å²) in [5.41, 5.74) is 13.7. The Kier molecular flexibility index (Phi) is 5.83. The van der Waals surface area contributed by atoms with Gasteiger partial charge in [-0.1, -0.05) is 115 Å². The molecule has 10 aromatic rings. The fourth-order valence-electron chi connectivity index (χ4n) is 8.76. The van der Waals surface area contributed by atoms with Gasteiger partial charge < -0.3 is 18.4 Å². The molecular formula is C48H28BNO3. The third-order valence-electron chi connectivity index (χ3n) is 11.1. The van der Waals surface area contributed by atoms with Crippen molar-refractivity contribution in [1.29, 1.82) is 0 Å². The minimum absolute atomic E-state index is 0.327. The summed E-state index contributed by atoms with van der Waals surface area (Å²) >= 11 is 0. The Morgan fingerprint density at radius 2 is 1.09 bits per heavy atom. The Labute approximate surface area is 305 Å². The Morgan fingerprint density at radius 3 is 1.91 bits per heavy atom. The maximum absolute atomic E-state index is 7.18. The molecule has 4 nitrogen and oxygen atoms in total. The highest BCUT2D eigenvalue weighted by atomic mass is 16.5. The molecule has 12 rings (SSSR count). The van der Waals surface area contributed by atoms with Gasteiger partial charge in [0.1, 0.15) is 28.4 Å². The Morgan fingerprint density at radius 1 is 0.434 bits per heavy atom. The smallest absolute Gasteiger partial charge is 0.434 e. The van der Waals surface area contributed by atoms with Crippen LogP contribution in [-0.2, 0) is 0 Å². The third-order valence-corrected chi connectivity index (χ3v) is 11.1. The van der Waals surface area contributed by atoms with Crippen LogP contribution in [0.1, 0.15) is 0 Å². The molecule has 0 unspecified atom stereocenters. The number of furan rings is 1. The largest absolute Gasteiger partial charge is 0.551 e. The van der Waals surface area contributed by atoms with Gasteiger partial charge in [0.15, 0.2) is 0 Å². The van der Waals surface area contributed by atoms with Crippen LogP contribution in [0.3, 0.4) is 0 Å². The van der Waals surface area contributed by atoms with Crippen molar-refractivity contribution in [1.82, 2.24) is 4.57 Å². The number of hydrogen-bond donors (Lipinski definition) is 0. The molecule has 5 heteroatoms. The van der Waals surface area contributed by atoms with Gasteiger partial charge >= 0.3 is 6.92 Å². The van der Waals surface area contributed by atoms with Crippen LogP contribution in [0.2, 0.25) is 0 Å². The Bertz CT molecular complexity index is 3100. The van der Waals surface area contributed by atoms with Crippen LogP contribution < -0.4 is 20.3 Å². The predicted octanol–water partition coefficient (Wildman–Crippen LogP) is 11.3. The molecule has 0 spiro atoms. The molecule has 0 aliphatic carbocycles. The van der Waals surface area contributed by atoms with E-state index in [1.54, 1.807) is 0 Å². The fraction of sp³-hybridized carbons (Fsp3) is 0. The number of para-hydroxylation sites is 5. The molecule has 2 aliphatic heterocycles. The van der Waals surface area contributed by atoms with Crippen molar-refractivity contribution >= 4 is 61.6 Å². The first kappa shape index (κ1) is 28.7. The van der Waals surface area contributed by atoms with Gasteiger partial charge in [0.25, 0.3) is 0 Å². The molecule has 53 heavy (non-hydrogen) atoms. The summed E-state index contributed by atoms with van der Waals surface area (Å²) in [6.07, 6.45) is 0. The number of ether oxygens (including phenoxy) is 1. The second-order valence-corrected chi connectivity index (χ2v) is 14.0. The number of rotatable bonds is 3. The van der Waals surface area contributed by atoms with Crippen LogP contribution in [0.25, 0.3) is 82.8 Å². The molecule has 0 saturated carbocycles. The van der Waals surface area contributed by atoms with E-state index in [4.69, 9.17) is 13.8 Å². The van der Waals surface area contributed by atoms with Gasteiger partial charge in [-0.3, -0.25) is 0 Å². The van der Waals surface area contributed by atoms with Crippen LogP contribution in [0.15, 0.2) is 174 Å². The highest BCUT2D eigenvalue weighted by molar-refractivity contribution is 6.84. The van der Waals surface area contributed by atoms with E-state index in [-0.39, 0.29) is 6.92 Å². The summed E-state index contributed by atoms with van der Waals surface area (Å²) in [5.74, 6) is 2.48. The van der Waals surface area contributed by atoms with Crippen LogP contribution in [-0.4, -0.2) is 11.5 Å². The molecule has 0 atom stereocenters. The van der Waals surface area contributed by atoms with E-state index in [1.165, 1.54) is 10.8 Å². The number of hydrogen-bond acceptors (Lipinski definition) is 3. The van der Waals surface area contributed by atoms with Gasteiger partial charge in [-0.25, -0.2) is 0 Å². The lowest BCUT2D eigenvalue weighted by atomic mass is 9.50. The predicted molar refractivity (Wildman–Crippen MR) is 217 cm³/mol. The monoisotopic (exact) mass is 677 g/mol. The SMILES string of the molecule is c1ccc2c(c1)OB1c3cccc(-n4c5ccccc5c5ccccc54)c3Oc3cc(-c4ccccc4-c4ccc5c(c4)oc4ccccc45)cc-2c31. The zero-order valence-corrected chi connectivity index (χ0v) is 28.4. The number of aromatic nitrogens is 1. The topological polar surface area (TPSA) is 36.5 Å². The summed E-state index contributed by atoms with van der Waals surface area (Å²) in [5, 5.41) is 4.67. The Hall–Kier alpha value is -6.98. The van der Waals surface area contributed by atoms with Crippen LogP contribution in [0, 0.1) is 0 Å². The lowest BCUT2D eigenvalue weighted by Crippen LogP contribution is -2.53. The van der Waals surface area contributed by atoms with Gasteiger partial charge in [0.2, 0.25) is 0 Å². The van der Waals surface area contributed by atoms with Gasteiger partial charge in [-0.05, 0) is 82.4 Å². The summed E-state index contributed by atoms with van der Waals surface area (Å²) in [6.45, 7) is -0.327. The second-order valence-electron chi connectivity index (χ2n) is 14.0. The lowest BCUT2D eigenvalue weighted by Gasteiger charge is -2.34. The van der Waals surface area contributed by atoms with Crippen molar-refractivity contribution in [2.24, 2.45) is 0 Å². The minimum atomic E-state index is -0.327. The first-order chi connectivity index (χ1) is 26.3. The van der Waals surface area contributed by atoms with E-state index < -0.39 is 0 Å². The second kappa shape index (κ2) is 10.8. The van der Waals surface area contributed by atoms with Crippen LogP contribution in [0.5, 0.6) is 17.2 Å². The molecule has 2 aromatic heterocycles. The van der Waals surface area contributed by atoms with E-state index in [2.05, 4.69) is 156 Å². The lowest BCUT2D eigenvalue weighted by molar-refractivity contribution is 0.478. The first-order valence-corrected chi connectivity index (χ1v) is 18.0. The van der Waals surface area contributed by atoms with Crippen molar-refractivity contribution in [3.63, 3.8) is 0 Å². The fourth-order valence-corrected chi connectivity index (χ4v) is 8.76. The molecule has 0 radical (unpaired) electrons. The summed E-state index contributed by atoms with van der Waals surface area (Å²) in [7, 11) is 0. The molecule has 246 valence electrons. The van der Waals surface area contributed by atoms with Crippen LogP contribution >= 0.6 is 0 Å². The molecule has 0 saturated heterocycles. The van der Waals surface area contributed by atoms with Crippen molar-refractivity contribution in [3.8, 4) is 56.3 Å². The molecule has 0 fully saturated rings. The van der Waals surface area contributed by atoms with Crippen molar-refractivity contribution in [2.45, 2.75) is 0 Å². The summed E-state index contributed by atoms with van der Waals surface area (Å²) in [6, 6.07) is 59.9. The van der Waals surface area contributed by atoms with E-state index in [0.717, 1.165) is 100 Å². The molecule has 0 N–H and O–H groups in total. The molecular weight excluding hydrogens is 649 g/mol. The van der Waals surface area contributed by atoms with Gasteiger partial charge in [0, 0.05) is 38.0 Å². The molecule has 2 aliphatic rings. The number of fused-ring (bicyclic) bond motifs is 10. The van der Waals surface area contributed by atoms with Crippen molar-refractivity contribution < 1.29 is 13.8 Å². The molecule has 4 heterocycles. The maximum Gasteiger partial charge on any atom is 0.434 e. The minimum Gasteiger partial charge on any atom is -0.551 e. The molecule has 0 amide bonds. The zero-order chi connectivity index (χ0) is 34.6. The number of benzene rings is 8. The van der Waals surface area contributed by atoms with E-state index >= 15 is 0 Å². The highest BCUT2D eigenvalue weighted by Gasteiger charge is 2.42. The van der Waals surface area contributed by atoms with Crippen molar-refractivity contribution in [2.75, 3.05) is 0 Å².